The molecule has 0 unspecified atom stereocenters. The largest absolute Gasteiger partial charge is 0.395 e. The van der Waals surface area contributed by atoms with Gasteiger partial charge in [0.05, 0.1) is 11.6 Å². The van der Waals surface area contributed by atoms with E-state index in [4.69, 9.17) is 10.8 Å². The number of carbonyl (C=O) groups excluding carboxylic acids is 1. The second kappa shape index (κ2) is 6.68. The number of hydrogen-bond donors (Lipinski definition) is 2. The standard InChI is InChI=1S/C11H19N3O2S/c1-8(2)14(5-6-15)11(16)9-7-17-10(13-9)3-4-12/h7-8,15H,3-6,12H2,1-2H3. The first-order chi connectivity index (χ1) is 8.10. The lowest BCUT2D eigenvalue weighted by molar-refractivity contribution is 0.0660. The van der Waals surface area contributed by atoms with Gasteiger partial charge in [-0.15, -0.1) is 11.3 Å². The Kier molecular flexibility index (Phi) is 5.54. The van der Waals surface area contributed by atoms with Crippen LogP contribution in [0.1, 0.15) is 29.3 Å². The number of hydrogen-bond acceptors (Lipinski definition) is 5. The highest BCUT2D eigenvalue weighted by Crippen LogP contribution is 2.13. The number of aliphatic hydroxyl groups excluding tert-OH is 1. The fourth-order valence-corrected chi connectivity index (χ4v) is 2.28. The van der Waals surface area contributed by atoms with Gasteiger partial charge in [0.1, 0.15) is 5.69 Å². The second-order valence-electron chi connectivity index (χ2n) is 3.98. The molecule has 6 heteroatoms. The molecule has 1 rings (SSSR count). The first kappa shape index (κ1) is 14.1. The molecule has 3 N–H and O–H groups in total. The zero-order chi connectivity index (χ0) is 12.8. The molecule has 0 aliphatic carbocycles. The van der Waals surface area contributed by atoms with Gasteiger partial charge < -0.3 is 15.7 Å². The van der Waals surface area contributed by atoms with Crippen molar-refractivity contribution >= 4 is 17.2 Å². The van der Waals surface area contributed by atoms with Gasteiger partial charge in [0.15, 0.2) is 0 Å². The van der Waals surface area contributed by atoms with Crippen LogP contribution in [-0.4, -0.2) is 46.6 Å². The Morgan fingerprint density at radius 1 is 1.65 bits per heavy atom. The van der Waals surface area contributed by atoms with E-state index in [0.29, 0.717) is 25.2 Å². The number of aliphatic hydroxyl groups is 1. The summed E-state index contributed by atoms with van der Waals surface area (Å²) in [4.78, 5) is 18.0. The van der Waals surface area contributed by atoms with Gasteiger partial charge in [-0.25, -0.2) is 4.98 Å². The summed E-state index contributed by atoms with van der Waals surface area (Å²) in [6.45, 7) is 4.66. The van der Waals surface area contributed by atoms with Crippen molar-refractivity contribution in [2.75, 3.05) is 19.7 Å². The molecule has 0 aliphatic heterocycles. The van der Waals surface area contributed by atoms with Gasteiger partial charge in [-0.05, 0) is 20.4 Å². The molecule has 0 radical (unpaired) electrons. The van der Waals surface area contributed by atoms with Crippen LogP contribution in [0.4, 0.5) is 0 Å². The van der Waals surface area contributed by atoms with E-state index in [9.17, 15) is 4.79 Å². The Bertz CT molecular complexity index is 365. The number of amides is 1. The third kappa shape index (κ3) is 3.76. The molecule has 0 atom stereocenters. The Balaban J connectivity index is 2.78. The molecule has 1 aromatic heterocycles. The Morgan fingerprint density at radius 3 is 2.88 bits per heavy atom. The van der Waals surface area contributed by atoms with Gasteiger partial charge in [0, 0.05) is 24.4 Å². The van der Waals surface area contributed by atoms with E-state index in [1.54, 1.807) is 10.3 Å². The SMILES string of the molecule is CC(C)N(CCO)C(=O)c1csc(CCN)n1. The number of carbonyl (C=O) groups is 1. The number of thiazole rings is 1. The van der Waals surface area contributed by atoms with E-state index in [0.717, 1.165) is 5.01 Å². The van der Waals surface area contributed by atoms with Crippen molar-refractivity contribution in [2.24, 2.45) is 5.73 Å². The minimum Gasteiger partial charge on any atom is -0.395 e. The van der Waals surface area contributed by atoms with E-state index in [2.05, 4.69) is 4.98 Å². The van der Waals surface area contributed by atoms with E-state index >= 15 is 0 Å². The van der Waals surface area contributed by atoms with E-state index in [1.807, 2.05) is 13.8 Å². The molecule has 0 bridgehead atoms. The van der Waals surface area contributed by atoms with Crippen LogP contribution in [0.15, 0.2) is 5.38 Å². The quantitative estimate of drug-likeness (QED) is 0.777. The summed E-state index contributed by atoms with van der Waals surface area (Å²) in [6.07, 6.45) is 0.694. The smallest absolute Gasteiger partial charge is 0.273 e. The monoisotopic (exact) mass is 257 g/mol. The average Bonchev–Trinajstić information content (AvgIpc) is 2.73. The zero-order valence-electron chi connectivity index (χ0n) is 10.2. The van der Waals surface area contributed by atoms with Crippen LogP contribution in [0.25, 0.3) is 0 Å². The first-order valence-electron chi connectivity index (χ1n) is 5.66. The minimum atomic E-state index is -0.131. The van der Waals surface area contributed by atoms with Crippen LogP contribution < -0.4 is 5.73 Å². The molecular weight excluding hydrogens is 238 g/mol. The fourth-order valence-electron chi connectivity index (χ4n) is 1.50. The molecule has 17 heavy (non-hydrogen) atoms. The summed E-state index contributed by atoms with van der Waals surface area (Å²) < 4.78 is 0. The highest BCUT2D eigenvalue weighted by Gasteiger charge is 2.20. The maximum Gasteiger partial charge on any atom is 0.273 e. The topological polar surface area (TPSA) is 79.5 Å². The number of nitrogens with two attached hydrogens (primary N) is 1. The fraction of sp³-hybridized carbons (Fsp3) is 0.636. The van der Waals surface area contributed by atoms with Crippen molar-refractivity contribution in [1.82, 2.24) is 9.88 Å². The summed E-state index contributed by atoms with van der Waals surface area (Å²) in [5.74, 6) is -0.131. The van der Waals surface area contributed by atoms with Crippen LogP contribution in [0.3, 0.4) is 0 Å². The Morgan fingerprint density at radius 2 is 2.35 bits per heavy atom. The van der Waals surface area contributed by atoms with E-state index < -0.39 is 0 Å². The predicted molar refractivity (Wildman–Crippen MR) is 68.1 cm³/mol. The maximum absolute atomic E-state index is 12.1. The summed E-state index contributed by atoms with van der Waals surface area (Å²) in [5.41, 5.74) is 5.88. The van der Waals surface area contributed by atoms with Crippen molar-refractivity contribution in [3.63, 3.8) is 0 Å². The first-order valence-corrected chi connectivity index (χ1v) is 6.54. The van der Waals surface area contributed by atoms with Gasteiger partial charge >= 0.3 is 0 Å². The van der Waals surface area contributed by atoms with Crippen LogP contribution >= 0.6 is 11.3 Å². The molecule has 0 aliphatic rings. The van der Waals surface area contributed by atoms with Crippen molar-refractivity contribution in [3.05, 3.63) is 16.1 Å². The van der Waals surface area contributed by atoms with Gasteiger partial charge in [0.2, 0.25) is 0 Å². The molecule has 0 aromatic carbocycles. The Hall–Kier alpha value is -0.980. The lowest BCUT2D eigenvalue weighted by atomic mass is 10.3. The molecule has 0 spiro atoms. The number of nitrogens with zero attached hydrogens (tertiary/aromatic N) is 2. The predicted octanol–water partition coefficient (Wildman–Crippen LogP) is 0.487. The summed E-state index contributed by atoms with van der Waals surface area (Å²) in [6, 6.07) is 0.0503. The van der Waals surface area contributed by atoms with Crippen LogP contribution in [0, 0.1) is 0 Å². The summed E-state index contributed by atoms with van der Waals surface area (Å²) >= 11 is 1.45. The number of aromatic nitrogens is 1. The van der Waals surface area contributed by atoms with Gasteiger partial charge in [-0.3, -0.25) is 4.79 Å². The number of rotatable bonds is 6. The van der Waals surface area contributed by atoms with Gasteiger partial charge in [0.25, 0.3) is 5.91 Å². The average molecular weight is 257 g/mol. The van der Waals surface area contributed by atoms with Gasteiger partial charge in [-0.1, -0.05) is 0 Å². The van der Waals surface area contributed by atoms with Crippen molar-refractivity contribution in [3.8, 4) is 0 Å². The van der Waals surface area contributed by atoms with Crippen LogP contribution in [0.5, 0.6) is 0 Å². The van der Waals surface area contributed by atoms with Crippen molar-refractivity contribution in [1.29, 1.82) is 0 Å². The van der Waals surface area contributed by atoms with Crippen molar-refractivity contribution in [2.45, 2.75) is 26.3 Å². The van der Waals surface area contributed by atoms with E-state index in [-0.39, 0.29) is 18.6 Å². The molecular formula is C11H19N3O2S. The molecule has 0 saturated carbocycles. The molecule has 1 heterocycles. The third-order valence-corrected chi connectivity index (χ3v) is 3.26. The van der Waals surface area contributed by atoms with Crippen LogP contribution in [0.2, 0.25) is 0 Å². The Labute approximate surface area is 105 Å². The molecule has 0 saturated heterocycles. The highest BCUT2D eigenvalue weighted by atomic mass is 32.1. The lowest BCUT2D eigenvalue weighted by Gasteiger charge is -2.24. The molecule has 0 fully saturated rings. The molecule has 1 amide bonds. The second-order valence-corrected chi connectivity index (χ2v) is 4.92. The normalized spacial score (nSPS) is 10.9. The minimum absolute atomic E-state index is 0.0380. The van der Waals surface area contributed by atoms with Crippen LogP contribution in [-0.2, 0) is 6.42 Å². The summed E-state index contributed by atoms with van der Waals surface area (Å²) in [7, 11) is 0. The summed E-state index contributed by atoms with van der Waals surface area (Å²) in [5, 5.41) is 11.6. The maximum atomic E-state index is 12.1. The third-order valence-electron chi connectivity index (χ3n) is 2.35. The molecule has 1 aromatic rings. The van der Waals surface area contributed by atoms with Crippen molar-refractivity contribution < 1.29 is 9.90 Å². The lowest BCUT2D eigenvalue weighted by Crippen LogP contribution is -2.39. The van der Waals surface area contributed by atoms with E-state index in [1.165, 1.54) is 11.3 Å². The van der Waals surface area contributed by atoms with Gasteiger partial charge in [-0.2, -0.15) is 0 Å². The molecule has 96 valence electrons. The molecule has 5 nitrogen and oxygen atoms in total. The highest BCUT2D eigenvalue weighted by molar-refractivity contribution is 7.09. The zero-order valence-corrected chi connectivity index (χ0v) is 11.0.